The summed E-state index contributed by atoms with van der Waals surface area (Å²) in [6, 6.07) is 4.06. The first-order valence-corrected chi connectivity index (χ1v) is 11.2. The van der Waals surface area contributed by atoms with E-state index in [1.54, 1.807) is 23.6 Å². The Labute approximate surface area is 188 Å². The quantitative estimate of drug-likeness (QED) is 0.424. The Morgan fingerprint density at radius 2 is 1.97 bits per heavy atom. The molecule has 0 spiro atoms. The van der Waals surface area contributed by atoms with E-state index in [0.29, 0.717) is 26.3 Å². The van der Waals surface area contributed by atoms with Gasteiger partial charge >= 0.3 is 0 Å². The lowest BCUT2D eigenvalue weighted by Crippen LogP contribution is -2.55. The monoisotopic (exact) mass is 490 g/mol. The summed E-state index contributed by atoms with van der Waals surface area (Å²) in [6.45, 7) is -0.454. The minimum absolute atomic E-state index is 0.107. The average Bonchev–Trinajstić information content (AvgIpc) is 3.36. The summed E-state index contributed by atoms with van der Waals surface area (Å²) in [7, 11) is 0. The zero-order valence-electron chi connectivity index (χ0n) is 15.0. The van der Waals surface area contributed by atoms with E-state index in [9.17, 15) is 20.4 Å². The van der Waals surface area contributed by atoms with Gasteiger partial charge in [0.2, 0.25) is 0 Å². The number of aromatic hydroxyl groups is 1. The predicted molar refractivity (Wildman–Crippen MR) is 112 cm³/mol. The van der Waals surface area contributed by atoms with E-state index in [-0.39, 0.29) is 5.19 Å². The normalized spacial score (nSPS) is 26.8. The molecule has 2 aromatic heterocycles. The number of hydrogen-bond acceptors (Lipinski definition) is 10. The van der Waals surface area contributed by atoms with Gasteiger partial charge in [0.25, 0.3) is 5.19 Å². The number of thiazole rings is 1. The van der Waals surface area contributed by atoms with Gasteiger partial charge in [0.05, 0.1) is 22.8 Å². The third-order valence-corrected chi connectivity index (χ3v) is 7.09. The van der Waals surface area contributed by atoms with Gasteiger partial charge in [-0.3, -0.25) is 0 Å². The summed E-state index contributed by atoms with van der Waals surface area (Å²) in [5.41, 5.74) is -0.0457. The Morgan fingerprint density at radius 1 is 1.17 bits per heavy atom. The highest BCUT2D eigenvalue weighted by atomic mass is 35.5. The van der Waals surface area contributed by atoms with Crippen LogP contribution in [0.2, 0.25) is 10.0 Å². The summed E-state index contributed by atoms with van der Waals surface area (Å²) in [5.74, 6) is 0. The van der Waals surface area contributed by atoms with E-state index in [0.717, 1.165) is 11.3 Å². The molecule has 9 nitrogen and oxygen atoms in total. The van der Waals surface area contributed by atoms with Crippen LogP contribution in [0.1, 0.15) is 6.04 Å². The molecule has 0 amide bonds. The fraction of sp³-hybridized carbons (Fsp3) is 0.353. The molecule has 1 saturated heterocycles. The molecule has 0 aliphatic carbocycles. The Morgan fingerprint density at radius 3 is 2.63 bits per heavy atom. The molecule has 0 saturated carbocycles. The van der Waals surface area contributed by atoms with Crippen molar-refractivity contribution in [1.29, 1.82) is 0 Å². The molecule has 4 rings (SSSR count). The highest BCUT2D eigenvalue weighted by Crippen LogP contribution is 2.39. The van der Waals surface area contributed by atoms with Crippen molar-refractivity contribution in [2.75, 3.05) is 6.61 Å². The third kappa shape index (κ3) is 4.30. The Bertz CT molecular complexity index is 1040. The third-order valence-electron chi connectivity index (χ3n) is 4.56. The second kappa shape index (κ2) is 8.97. The van der Waals surface area contributed by atoms with Gasteiger partial charge in [-0.25, -0.2) is 9.67 Å². The molecular formula is C17H16Cl2N4O5S2. The van der Waals surface area contributed by atoms with Crippen LogP contribution in [0.5, 0.6) is 5.19 Å². The van der Waals surface area contributed by atoms with Crippen molar-refractivity contribution in [3.63, 3.8) is 0 Å². The molecule has 1 aromatic carbocycles. The number of aliphatic hydroxyl groups excluding tert-OH is 3. The van der Waals surface area contributed by atoms with Crippen LogP contribution in [0.3, 0.4) is 0 Å². The number of nitrogens with zero attached hydrogens (tertiary/aromatic N) is 4. The molecular weight excluding hydrogens is 475 g/mol. The number of benzene rings is 1. The first-order valence-electron chi connectivity index (χ1n) is 8.68. The smallest absolute Gasteiger partial charge is 0.271 e. The molecule has 160 valence electrons. The lowest BCUT2D eigenvalue weighted by Gasteiger charge is -2.41. The van der Waals surface area contributed by atoms with E-state index in [1.165, 1.54) is 22.6 Å². The molecule has 1 aliphatic heterocycles. The maximum atomic E-state index is 10.9. The maximum absolute atomic E-state index is 10.9. The van der Waals surface area contributed by atoms with Gasteiger partial charge in [-0.2, -0.15) is 0 Å². The van der Waals surface area contributed by atoms with E-state index >= 15 is 0 Å². The van der Waals surface area contributed by atoms with Crippen LogP contribution in [0.15, 0.2) is 34.7 Å². The molecule has 3 heterocycles. The molecule has 5 atom stereocenters. The molecule has 13 heteroatoms. The number of rotatable bonds is 5. The van der Waals surface area contributed by atoms with Crippen molar-refractivity contribution >= 4 is 46.3 Å². The first kappa shape index (κ1) is 21.8. The molecule has 1 aliphatic rings. The first-order chi connectivity index (χ1) is 14.4. The minimum atomic E-state index is -1.24. The van der Waals surface area contributed by atoms with Gasteiger partial charge in [0.1, 0.15) is 41.2 Å². The van der Waals surface area contributed by atoms with Crippen molar-refractivity contribution < 1.29 is 25.2 Å². The predicted octanol–water partition coefficient (Wildman–Crippen LogP) is 2.19. The molecule has 0 radical (unpaired) electrons. The number of ether oxygens (including phenoxy) is 1. The lowest BCUT2D eigenvalue weighted by molar-refractivity contribution is -0.178. The van der Waals surface area contributed by atoms with Crippen LogP contribution in [0.25, 0.3) is 11.4 Å². The maximum Gasteiger partial charge on any atom is 0.271 e. The Hall–Kier alpha value is -1.44. The fourth-order valence-corrected chi connectivity index (χ4v) is 5.09. The Kier molecular flexibility index (Phi) is 6.51. The van der Waals surface area contributed by atoms with Gasteiger partial charge in [-0.1, -0.05) is 51.5 Å². The van der Waals surface area contributed by atoms with Gasteiger partial charge in [0, 0.05) is 10.3 Å². The van der Waals surface area contributed by atoms with Crippen molar-refractivity contribution in [2.45, 2.75) is 34.7 Å². The van der Waals surface area contributed by atoms with Gasteiger partial charge < -0.3 is 25.2 Å². The highest BCUT2D eigenvalue weighted by Gasteiger charge is 2.46. The summed E-state index contributed by atoms with van der Waals surface area (Å²) in [4.78, 5) is 4.63. The molecule has 3 unspecified atom stereocenters. The van der Waals surface area contributed by atoms with Crippen LogP contribution in [0.4, 0.5) is 0 Å². The van der Waals surface area contributed by atoms with E-state index in [2.05, 4.69) is 15.3 Å². The van der Waals surface area contributed by atoms with E-state index < -0.39 is 36.4 Å². The topological polar surface area (TPSA) is 134 Å². The standard InChI is InChI=1S/C17H16Cl2N4O5S2/c18-8-2-1-7(3-9(8)19)30-16-15(26)13(14(25)12(5-24)28-16)23-4-10(21-22-23)11-6-29-17(27)20-11/h1-4,6,12-16,24-26H,5H2,(H,20,27)/t12?,13?,14-,15?,16+/m0/s1. The van der Waals surface area contributed by atoms with Gasteiger partial charge in [-0.05, 0) is 18.2 Å². The van der Waals surface area contributed by atoms with Crippen LogP contribution >= 0.6 is 46.3 Å². The average molecular weight is 491 g/mol. The van der Waals surface area contributed by atoms with Gasteiger partial charge in [-0.15, -0.1) is 5.10 Å². The molecule has 30 heavy (non-hydrogen) atoms. The van der Waals surface area contributed by atoms with Gasteiger partial charge in [0.15, 0.2) is 0 Å². The van der Waals surface area contributed by atoms with Crippen molar-refractivity contribution in [3.8, 4) is 16.6 Å². The highest BCUT2D eigenvalue weighted by molar-refractivity contribution is 7.99. The zero-order chi connectivity index (χ0) is 21.4. The summed E-state index contributed by atoms with van der Waals surface area (Å²) < 4.78 is 7.03. The number of thioether (sulfide) groups is 1. The van der Waals surface area contributed by atoms with Crippen molar-refractivity contribution in [3.05, 3.63) is 39.8 Å². The van der Waals surface area contributed by atoms with Crippen molar-refractivity contribution in [2.24, 2.45) is 0 Å². The lowest BCUT2D eigenvalue weighted by atomic mass is 9.97. The fourth-order valence-electron chi connectivity index (χ4n) is 3.08. The molecule has 3 aromatic rings. The van der Waals surface area contributed by atoms with Crippen LogP contribution < -0.4 is 0 Å². The zero-order valence-corrected chi connectivity index (χ0v) is 18.2. The van der Waals surface area contributed by atoms with Crippen LogP contribution in [-0.4, -0.2) is 70.8 Å². The summed E-state index contributed by atoms with van der Waals surface area (Å²) in [6.07, 6.45) is -1.88. The van der Waals surface area contributed by atoms with Crippen LogP contribution in [-0.2, 0) is 4.74 Å². The van der Waals surface area contributed by atoms with Crippen LogP contribution in [0, 0.1) is 0 Å². The van der Waals surface area contributed by atoms with Crippen molar-refractivity contribution in [1.82, 2.24) is 20.0 Å². The minimum Gasteiger partial charge on any atom is -0.486 e. The van der Waals surface area contributed by atoms with E-state index in [1.807, 2.05) is 0 Å². The largest absolute Gasteiger partial charge is 0.486 e. The second-order valence-electron chi connectivity index (χ2n) is 6.49. The van der Waals surface area contributed by atoms with E-state index in [4.69, 9.17) is 27.9 Å². The number of aromatic nitrogens is 4. The Balaban J connectivity index is 1.61. The number of aliphatic hydroxyl groups is 3. The SMILES string of the molecule is OCC1O[C@H](Sc2ccc(Cl)c(Cl)c2)C(O)C(n2cc(-c3csc(O)n3)nn2)[C@H]1O. The molecule has 1 fully saturated rings. The molecule has 4 N–H and O–H groups in total. The summed E-state index contributed by atoms with van der Waals surface area (Å²) in [5, 5.41) is 51.0. The molecule has 0 bridgehead atoms. The number of hydrogen-bond donors (Lipinski definition) is 4. The summed E-state index contributed by atoms with van der Waals surface area (Å²) >= 11 is 14.2. The second-order valence-corrected chi connectivity index (χ2v) is 9.31. The number of halogens is 2.